The summed E-state index contributed by atoms with van der Waals surface area (Å²) >= 11 is 0. The smallest absolute Gasteiger partial charge is 0.227 e. The van der Waals surface area contributed by atoms with Gasteiger partial charge in [-0.1, -0.05) is 0 Å². The molecular formula is C18H22N2O4. The maximum absolute atomic E-state index is 12.5. The van der Waals surface area contributed by atoms with Gasteiger partial charge in [0.1, 0.15) is 11.3 Å². The van der Waals surface area contributed by atoms with E-state index in [0.29, 0.717) is 31.8 Å². The highest BCUT2D eigenvalue weighted by atomic mass is 16.5. The Morgan fingerprint density at radius 1 is 1.33 bits per heavy atom. The summed E-state index contributed by atoms with van der Waals surface area (Å²) in [5.74, 6) is 0.853. The maximum atomic E-state index is 12.5. The Hall–Kier alpha value is -2.50. The summed E-state index contributed by atoms with van der Waals surface area (Å²) < 4.78 is 10.7. The van der Waals surface area contributed by atoms with Crippen molar-refractivity contribution in [2.24, 2.45) is 11.7 Å². The summed E-state index contributed by atoms with van der Waals surface area (Å²) in [5.41, 5.74) is 6.85. The molecule has 2 N–H and O–H groups in total. The second kappa shape index (κ2) is 6.95. The van der Waals surface area contributed by atoms with E-state index < -0.39 is 0 Å². The molecule has 1 aliphatic rings. The zero-order chi connectivity index (χ0) is 17.1. The number of rotatable bonds is 5. The quantitative estimate of drug-likeness (QED) is 0.909. The normalized spacial score (nSPS) is 15.6. The molecule has 24 heavy (non-hydrogen) atoms. The summed E-state index contributed by atoms with van der Waals surface area (Å²) in [5, 5.41) is 0.938. The van der Waals surface area contributed by atoms with Crippen molar-refractivity contribution in [3.63, 3.8) is 0 Å². The van der Waals surface area contributed by atoms with Crippen LogP contribution in [-0.2, 0) is 16.0 Å². The van der Waals surface area contributed by atoms with Crippen molar-refractivity contribution in [3.05, 3.63) is 30.0 Å². The van der Waals surface area contributed by atoms with Gasteiger partial charge in [0.25, 0.3) is 0 Å². The fraction of sp³-hybridized carbons (Fsp3) is 0.444. The lowest BCUT2D eigenvalue weighted by atomic mass is 9.93. The molecule has 1 saturated heterocycles. The molecule has 6 nitrogen and oxygen atoms in total. The highest BCUT2D eigenvalue weighted by molar-refractivity contribution is 5.88. The number of carbonyl (C=O) groups excluding carboxylic acids is 2. The molecule has 0 radical (unpaired) electrons. The number of nitrogens with two attached hydrogens (primary N) is 1. The van der Waals surface area contributed by atoms with Gasteiger partial charge in [-0.2, -0.15) is 0 Å². The van der Waals surface area contributed by atoms with E-state index in [-0.39, 0.29) is 11.8 Å². The molecule has 1 fully saturated rings. The van der Waals surface area contributed by atoms with Gasteiger partial charge in [-0.3, -0.25) is 9.59 Å². The Morgan fingerprint density at radius 2 is 2.08 bits per heavy atom. The van der Waals surface area contributed by atoms with Crippen molar-refractivity contribution < 1.29 is 18.7 Å². The van der Waals surface area contributed by atoms with Gasteiger partial charge in [-0.05, 0) is 30.9 Å². The lowest BCUT2D eigenvalue weighted by Crippen LogP contribution is -2.40. The summed E-state index contributed by atoms with van der Waals surface area (Å²) in [4.78, 5) is 25.4. The third kappa shape index (κ3) is 3.53. The van der Waals surface area contributed by atoms with Gasteiger partial charge in [-0.25, -0.2) is 0 Å². The van der Waals surface area contributed by atoms with Crippen LogP contribution in [0.25, 0.3) is 11.0 Å². The van der Waals surface area contributed by atoms with Crippen LogP contribution in [0.1, 0.15) is 24.8 Å². The predicted molar refractivity (Wildman–Crippen MR) is 89.6 cm³/mol. The highest BCUT2D eigenvalue weighted by Gasteiger charge is 2.24. The molecule has 2 heterocycles. The average Bonchev–Trinajstić information content (AvgIpc) is 2.97. The van der Waals surface area contributed by atoms with Crippen molar-refractivity contribution >= 4 is 22.8 Å². The van der Waals surface area contributed by atoms with E-state index in [1.807, 2.05) is 23.1 Å². The summed E-state index contributed by atoms with van der Waals surface area (Å²) in [6.45, 7) is 1.36. The Balaban J connectivity index is 1.62. The SMILES string of the molecule is COc1ccc2c(CC(=O)N3CCC(CC(N)=O)CC3)coc2c1. The fourth-order valence-corrected chi connectivity index (χ4v) is 3.27. The maximum Gasteiger partial charge on any atom is 0.227 e. The molecule has 0 aliphatic carbocycles. The molecular weight excluding hydrogens is 308 g/mol. The van der Waals surface area contributed by atoms with E-state index in [0.717, 1.165) is 35.1 Å². The third-order valence-electron chi connectivity index (χ3n) is 4.66. The van der Waals surface area contributed by atoms with E-state index in [9.17, 15) is 9.59 Å². The number of nitrogens with zero attached hydrogens (tertiary/aromatic N) is 1. The molecule has 1 aromatic carbocycles. The van der Waals surface area contributed by atoms with Crippen LogP contribution in [0.15, 0.2) is 28.9 Å². The first-order valence-corrected chi connectivity index (χ1v) is 8.17. The Bertz CT molecular complexity index is 745. The van der Waals surface area contributed by atoms with E-state index in [4.69, 9.17) is 14.9 Å². The zero-order valence-corrected chi connectivity index (χ0v) is 13.8. The molecule has 0 atom stereocenters. The monoisotopic (exact) mass is 330 g/mol. The Kier molecular flexibility index (Phi) is 4.74. The van der Waals surface area contributed by atoms with Gasteiger partial charge >= 0.3 is 0 Å². The molecule has 2 aromatic rings. The number of benzene rings is 1. The Morgan fingerprint density at radius 3 is 2.75 bits per heavy atom. The van der Waals surface area contributed by atoms with Crippen molar-refractivity contribution in [2.45, 2.75) is 25.7 Å². The van der Waals surface area contributed by atoms with Gasteiger partial charge in [-0.15, -0.1) is 0 Å². The first-order valence-electron chi connectivity index (χ1n) is 8.17. The van der Waals surface area contributed by atoms with Crippen molar-refractivity contribution in [1.29, 1.82) is 0 Å². The molecule has 0 unspecified atom stereocenters. The van der Waals surface area contributed by atoms with E-state index in [1.165, 1.54) is 0 Å². The molecule has 1 aromatic heterocycles. The number of ether oxygens (including phenoxy) is 1. The molecule has 2 amide bonds. The van der Waals surface area contributed by atoms with E-state index >= 15 is 0 Å². The molecule has 6 heteroatoms. The molecule has 1 aliphatic heterocycles. The number of hydrogen-bond donors (Lipinski definition) is 1. The number of carbonyl (C=O) groups is 2. The second-order valence-corrected chi connectivity index (χ2v) is 6.29. The molecule has 0 spiro atoms. The number of amides is 2. The second-order valence-electron chi connectivity index (χ2n) is 6.29. The van der Waals surface area contributed by atoms with Gasteiger partial charge in [0.2, 0.25) is 11.8 Å². The van der Waals surface area contributed by atoms with Crippen LogP contribution in [-0.4, -0.2) is 36.9 Å². The highest BCUT2D eigenvalue weighted by Crippen LogP contribution is 2.27. The lowest BCUT2D eigenvalue weighted by Gasteiger charge is -2.31. The van der Waals surface area contributed by atoms with Crippen LogP contribution in [0.2, 0.25) is 0 Å². The van der Waals surface area contributed by atoms with Crippen molar-refractivity contribution in [1.82, 2.24) is 4.90 Å². The van der Waals surface area contributed by atoms with Crippen LogP contribution in [0.3, 0.4) is 0 Å². The van der Waals surface area contributed by atoms with Gasteiger partial charge in [0.05, 0.1) is 19.8 Å². The van der Waals surface area contributed by atoms with Crippen LogP contribution in [0.5, 0.6) is 5.75 Å². The number of primary amides is 1. The predicted octanol–water partition coefficient (Wildman–Crippen LogP) is 2.10. The summed E-state index contributed by atoms with van der Waals surface area (Å²) in [6, 6.07) is 5.60. The third-order valence-corrected chi connectivity index (χ3v) is 4.66. The minimum absolute atomic E-state index is 0.0889. The number of fused-ring (bicyclic) bond motifs is 1. The molecule has 0 saturated carbocycles. The van der Waals surface area contributed by atoms with Gasteiger partial charge in [0, 0.05) is 36.5 Å². The number of methoxy groups -OCH3 is 1. The lowest BCUT2D eigenvalue weighted by molar-refractivity contribution is -0.131. The van der Waals surface area contributed by atoms with Crippen LogP contribution in [0.4, 0.5) is 0 Å². The standard InChI is InChI=1S/C18H22N2O4/c1-23-14-2-3-15-13(11-24-16(15)10-14)9-18(22)20-6-4-12(5-7-20)8-17(19)21/h2-3,10-12H,4-9H2,1H3,(H2,19,21). The number of likely N-dealkylation sites (tertiary alicyclic amines) is 1. The summed E-state index contributed by atoms with van der Waals surface area (Å²) in [7, 11) is 1.61. The average molecular weight is 330 g/mol. The minimum Gasteiger partial charge on any atom is -0.497 e. The molecule has 3 rings (SSSR count). The van der Waals surface area contributed by atoms with E-state index in [1.54, 1.807) is 13.4 Å². The zero-order valence-electron chi connectivity index (χ0n) is 13.8. The van der Waals surface area contributed by atoms with Gasteiger partial charge in [0.15, 0.2) is 0 Å². The van der Waals surface area contributed by atoms with Crippen LogP contribution in [0, 0.1) is 5.92 Å². The first-order chi connectivity index (χ1) is 11.6. The molecule has 0 bridgehead atoms. The first kappa shape index (κ1) is 16.4. The van der Waals surface area contributed by atoms with Crippen LogP contribution < -0.4 is 10.5 Å². The van der Waals surface area contributed by atoms with Crippen molar-refractivity contribution in [3.8, 4) is 5.75 Å². The van der Waals surface area contributed by atoms with E-state index in [2.05, 4.69) is 0 Å². The Labute approximate surface area is 140 Å². The summed E-state index contributed by atoms with van der Waals surface area (Å²) in [6.07, 6.45) is 4.04. The molecule has 128 valence electrons. The number of hydrogen-bond acceptors (Lipinski definition) is 4. The fourth-order valence-electron chi connectivity index (χ4n) is 3.27. The largest absolute Gasteiger partial charge is 0.497 e. The number of furan rings is 1. The van der Waals surface area contributed by atoms with Crippen LogP contribution >= 0.6 is 0 Å². The minimum atomic E-state index is -0.264. The van der Waals surface area contributed by atoms with Gasteiger partial charge < -0.3 is 19.8 Å². The number of piperidine rings is 1. The topological polar surface area (TPSA) is 85.8 Å². The van der Waals surface area contributed by atoms with Crippen molar-refractivity contribution in [2.75, 3.05) is 20.2 Å².